The van der Waals surface area contributed by atoms with Crippen molar-refractivity contribution >= 4 is 27.9 Å². The van der Waals surface area contributed by atoms with Crippen molar-refractivity contribution < 1.29 is 0 Å². The van der Waals surface area contributed by atoms with Crippen molar-refractivity contribution in [2.24, 2.45) is 5.73 Å². The summed E-state index contributed by atoms with van der Waals surface area (Å²) in [5, 5.41) is 3.38. The van der Waals surface area contributed by atoms with E-state index in [0.29, 0.717) is 0 Å². The standard InChI is InChI=1S/C48H42N2/c1-34(15-12-26-49)41-29-42(31-43(30-41)40-19-13-27-50-33-40)37-17-6-7-18-38(28-37)45-21-9-10-22-46(45)39-25-24-36-16-5-3-4-14-35(2)44-20-8-11-23-47(44)48(36)32-39/h3-6,8-15,17-26,28-33,50H,2,7,16,27,49H2,1H3/b5-3-,14-4-,26-12-,34-15+. The minimum Gasteiger partial charge on any atom is -0.405 e. The maximum absolute atomic E-state index is 5.69. The molecule has 3 N–H and O–H groups in total. The number of nitrogens with two attached hydrogens (primary N) is 1. The number of hydrogen-bond donors (Lipinski definition) is 2. The summed E-state index contributed by atoms with van der Waals surface area (Å²) in [4.78, 5) is 0. The van der Waals surface area contributed by atoms with E-state index >= 15 is 0 Å². The molecule has 0 saturated carbocycles. The first-order valence-corrected chi connectivity index (χ1v) is 17.3. The molecule has 2 nitrogen and oxygen atoms in total. The van der Waals surface area contributed by atoms with Gasteiger partial charge in [-0.3, -0.25) is 0 Å². The minimum absolute atomic E-state index is 0.845. The highest BCUT2D eigenvalue weighted by Gasteiger charge is 2.16. The summed E-state index contributed by atoms with van der Waals surface area (Å²) in [6.45, 7) is 7.38. The zero-order chi connectivity index (χ0) is 34.3. The molecule has 1 heterocycles. The van der Waals surface area contributed by atoms with Crippen LogP contribution >= 0.6 is 0 Å². The largest absolute Gasteiger partial charge is 0.405 e. The summed E-state index contributed by atoms with van der Waals surface area (Å²) in [7, 11) is 0. The van der Waals surface area contributed by atoms with Crippen LogP contribution in [-0.2, 0) is 6.42 Å². The summed E-state index contributed by atoms with van der Waals surface area (Å²) >= 11 is 0. The van der Waals surface area contributed by atoms with E-state index < -0.39 is 0 Å². The molecule has 50 heavy (non-hydrogen) atoms. The molecule has 4 aromatic rings. The van der Waals surface area contributed by atoms with Crippen molar-refractivity contribution in [3.63, 3.8) is 0 Å². The van der Waals surface area contributed by atoms with Crippen LogP contribution in [0.4, 0.5) is 0 Å². The zero-order valence-corrected chi connectivity index (χ0v) is 28.6. The van der Waals surface area contributed by atoms with E-state index in [1.165, 1.54) is 66.8 Å². The highest BCUT2D eigenvalue weighted by molar-refractivity contribution is 5.95. The summed E-state index contributed by atoms with van der Waals surface area (Å²) < 4.78 is 0. The topological polar surface area (TPSA) is 38.0 Å². The predicted octanol–water partition coefficient (Wildman–Crippen LogP) is 11.5. The van der Waals surface area contributed by atoms with Gasteiger partial charge in [0.1, 0.15) is 0 Å². The van der Waals surface area contributed by atoms with E-state index in [1.807, 2.05) is 6.08 Å². The first kappa shape index (κ1) is 32.4. The van der Waals surface area contributed by atoms with E-state index in [2.05, 4.69) is 177 Å². The lowest BCUT2D eigenvalue weighted by Crippen LogP contribution is -2.08. The number of rotatable bonds is 6. The number of dihydropyridines is 1. The fourth-order valence-corrected chi connectivity index (χ4v) is 6.86. The molecule has 0 amide bonds. The second-order valence-electron chi connectivity index (χ2n) is 12.8. The molecule has 0 spiro atoms. The van der Waals surface area contributed by atoms with Crippen molar-refractivity contribution in [3.8, 4) is 22.3 Å². The van der Waals surface area contributed by atoms with Crippen LogP contribution in [0.25, 0.3) is 50.1 Å². The molecule has 7 rings (SSSR count). The van der Waals surface area contributed by atoms with E-state index in [0.717, 1.165) is 36.1 Å². The Labute approximate surface area is 296 Å². The van der Waals surface area contributed by atoms with E-state index in [1.54, 1.807) is 6.20 Å². The Bertz CT molecular complexity index is 2240. The smallest absolute Gasteiger partial charge is 0.0328 e. The third-order valence-electron chi connectivity index (χ3n) is 9.49. The van der Waals surface area contributed by atoms with Gasteiger partial charge in [-0.25, -0.2) is 0 Å². The summed E-state index contributed by atoms with van der Waals surface area (Å²) in [5.74, 6) is 0. The van der Waals surface area contributed by atoms with Crippen molar-refractivity contribution in [3.05, 3.63) is 210 Å². The third kappa shape index (κ3) is 7.02. The van der Waals surface area contributed by atoms with Gasteiger partial charge in [-0.1, -0.05) is 128 Å². The Balaban J connectivity index is 1.33. The monoisotopic (exact) mass is 646 g/mol. The SMILES string of the molecule is C=C1/C=C\C=C/Cc2ccc(-c3ccccc3C3=CCC=CC(c4cc(C5=CNCC=C5)cc(/C(C)=C/C=C\N)c4)=C3)cc2-c2ccccc21. The van der Waals surface area contributed by atoms with Crippen LogP contribution in [0.3, 0.4) is 0 Å². The number of benzene rings is 4. The number of fused-ring (bicyclic) bond motifs is 3. The normalized spacial score (nSPS) is 17.1. The lowest BCUT2D eigenvalue weighted by atomic mass is 9.86. The van der Waals surface area contributed by atoms with Crippen LogP contribution in [0.1, 0.15) is 46.7 Å². The summed E-state index contributed by atoms with van der Waals surface area (Å²) in [6.07, 6.45) is 31.5. The number of allylic oxidation sites excluding steroid dienone is 16. The van der Waals surface area contributed by atoms with Crippen molar-refractivity contribution in [1.82, 2.24) is 5.32 Å². The first-order valence-electron chi connectivity index (χ1n) is 17.3. The van der Waals surface area contributed by atoms with Gasteiger partial charge in [0.25, 0.3) is 0 Å². The van der Waals surface area contributed by atoms with Gasteiger partial charge >= 0.3 is 0 Å². The van der Waals surface area contributed by atoms with Gasteiger partial charge in [-0.05, 0) is 146 Å². The van der Waals surface area contributed by atoms with E-state index in [9.17, 15) is 0 Å². The molecule has 0 saturated heterocycles. The Kier molecular flexibility index (Phi) is 9.71. The average molecular weight is 647 g/mol. The molecule has 0 atom stereocenters. The molecule has 0 unspecified atom stereocenters. The highest BCUT2D eigenvalue weighted by Crippen LogP contribution is 2.39. The van der Waals surface area contributed by atoms with Crippen molar-refractivity contribution in [2.45, 2.75) is 19.8 Å². The Morgan fingerprint density at radius 1 is 0.700 bits per heavy atom. The molecular weight excluding hydrogens is 605 g/mol. The molecule has 1 aliphatic heterocycles. The summed E-state index contributed by atoms with van der Waals surface area (Å²) in [5.41, 5.74) is 23.5. The lowest BCUT2D eigenvalue weighted by molar-refractivity contribution is 0.976. The second-order valence-corrected chi connectivity index (χ2v) is 12.8. The van der Waals surface area contributed by atoms with Crippen LogP contribution in [0.15, 0.2) is 177 Å². The maximum Gasteiger partial charge on any atom is 0.0328 e. The van der Waals surface area contributed by atoms with E-state index in [4.69, 9.17) is 5.73 Å². The van der Waals surface area contributed by atoms with Gasteiger partial charge in [0, 0.05) is 12.7 Å². The van der Waals surface area contributed by atoms with Gasteiger partial charge in [-0.2, -0.15) is 0 Å². The summed E-state index contributed by atoms with van der Waals surface area (Å²) in [6, 6.07) is 31.3. The fourth-order valence-electron chi connectivity index (χ4n) is 6.86. The van der Waals surface area contributed by atoms with E-state index in [-0.39, 0.29) is 0 Å². The fraction of sp³-hybridized carbons (Fsp3) is 0.0833. The molecule has 244 valence electrons. The van der Waals surface area contributed by atoms with Crippen molar-refractivity contribution in [1.29, 1.82) is 0 Å². The van der Waals surface area contributed by atoms with Crippen LogP contribution in [-0.4, -0.2) is 6.54 Å². The Morgan fingerprint density at radius 3 is 2.26 bits per heavy atom. The Hall–Kier alpha value is -6.12. The van der Waals surface area contributed by atoms with Gasteiger partial charge in [-0.15, -0.1) is 0 Å². The molecule has 3 aliphatic rings. The lowest BCUT2D eigenvalue weighted by Gasteiger charge is -2.18. The van der Waals surface area contributed by atoms with Crippen LogP contribution in [0.2, 0.25) is 0 Å². The van der Waals surface area contributed by atoms with Gasteiger partial charge in [0.05, 0.1) is 0 Å². The molecule has 2 heteroatoms. The minimum atomic E-state index is 0.845. The Morgan fingerprint density at radius 2 is 1.46 bits per heavy atom. The number of hydrogen-bond acceptors (Lipinski definition) is 2. The van der Waals surface area contributed by atoms with Crippen molar-refractivity contribution in [2.75, 3.05) is 6.54 Å². The predicted molar refractivity (Wildman–Crippen MR) is 217 cm³/mol. The molecule has 0 radical (unpaired) electrons. The molecule has 0 bridgehead atoms. The quantitative estimate of drug-likeness (QED) is 0.205. The molecule has 2 aliphatic carbocycles. The highest BCUT2D eigenvalue weighted by atomic mass is 14.8. The van der Waals surface area contributed by atoms with Crippen LogP contribution in [0.5, 0.6) is 0 Å². The third-order valence-corrected chi connectivity index (χ3v) is 9.49. The molecule has 4 aromatic carbocycles. The molecule has 0 aromatic heterocycles. The molecular formula is C48H42N2. The average Bonchev–Trinajstić information content (AvgIpc) is 3.43. The second kappa shape index (κ2) is 15.0. The van der Waals surface area contributed by atoms with Gasteiger partial charge in [0.15, 0.2) is 0 Å². The first-order chi connectivity index (χ1) is 24.6. The molecule has 0 fully saturated rings. The van der Waals surface area contributed by atoms with Crippen LogP contribution in [0, 0.1) is 0 Å². The maximum atomic E-state index is 5.69. The van der Waals surface area contributed by atoms with Gasteiger partial charge in [0.2, 0.25) is 0 Å². The number of nitrogens with one attached hydrogen (secondary N) is 1. The van der Waals surface area contributed by atoms with Crippen LogP contribution < -0.4 is 11.1 Å². The van der Waals surface area contributed by atoms with Gasteiger partial charge < -0.3 is 11.1 Å². The zero-order valence-electron chi connectivity index (χ0n) is 28.6.